The van der Waals surface area contributed by atoms with Gasteiger partial charge in [-0.1, -0.05) is 18.2 Å². The number of halogens is 2. The van der Waals surface area contributed by atoms with Crippen LogP contribution in [0.2, 0.25) is 0 Å². The fourth-order valence-corrected chi connectivity index (χ4v) is 7.07. The summed E-state index contributed by atoms with van der Waals surface area (Å²) < 4.78 is 80.5. The normalized spacial score (nSPS) is 13.3. The molecule has 3 aromatic rings. The summed E-state index contributed by atoms with van der Waals surface area (Å²) in [4.78, 5) is -0.148. The van der Waals surface area contributed by atoms with Crippen LogP contribution in [-0.4, -0.2) is 23.4 Å². The average molecular weight is 458 g/mol. The summed E-state index contributed by atoms with van der Waals surface area (Å²) >= 11 is 1.01. The zero-order valence-electron chi connectivity index (χ0n) is 15.2. The summed E-state index contributed by atoms with van der Waals surface area (Å²) in [6.45, 7) is 0.975. The van der Waals surface area contributed by atoms with E-state index in [9.17, 15) is 25.6 Å². The van der Waals surface area contributed by atoms with Crippen LogP contribution in [-0.2, 0) is 19.9 Å². The highest BCUT2D eigenvalue weighted by atomic mass is 32.2. The highest BCUT2D eigenvalue weighted by Crippen LogP contribution is 2.31. The Morgan fingerprint density at radius 2 is 1.62 bits per heavy atom. The van der Waals surface area contributed by atoms with Crippen molar-refractivity contribution in [2.75, 3.05) is 6.54 Å². The lowest BCUT2D eigenvalue weighted by Gasteiger charge is -2.19. The summed E-state index contributed by atoms with van der Waals surface area (Å²) in [5.41, 5.74) is 0.440. The number of nitrogens with one attached hydrogen (secondary N) is 1. The Kier molecular flexibility index (Phi) is 6.18. The van der Waals surface area contributed by atoms with E-state index in [0.29, 0.717) is 0 Å². The van der Waals surface area contributed by atoms with Crippen LogP contribution in [0, 0.1) is 18.6 Å². The minimum atomic E-state index is -4.10. The Morgan fingerprint density at radius 1 is 0.966 bits per heavy atom. The molecule has 0 aliphatic carbocycles. The first-order valence-corrected chi connectivity index (χ1v) is 12.3. The Balaban J connectivity index is 1.96. The van der Waals surface area contributed by atoms with Gasteiger partial charge in [-0.25, -0.2) is 30.3 Å². The van der Waals surface area contributed by atoms with Crippen LogP contribution >= 0.6 is 11.3 Å². The predicted octanol–water partition coefficient (Wildman–Crippen LogP) is 3.83. The van der Waals surface area contributed by atoms with Crippen molar-refractivity contribution in [1.82, 2.24) is 4.72 Å². The molecule has 5 nitrogen and oxygen atoms in total. The van der Waals surface area contributed by atoms with E-state index in [1.54, 1.807) is 11.4 Å². The van der Waals surface area contributed by atoms with E-state index < -0.39 is 43.3 Å². The predicted molar refractivity (Wildman–Crippen MR) is 107 cm³/mol. The molecule has 0 saturated heterocycles. The van der Waals surface area contributed by atoms with Gasteiger partial charge in [-0.2, -0.15) is 0 Å². The first kappa shape index (κ1) is 21.6. The molecule has 29 heavy (non-hydrogen) atoms. The van der Waals surface area contributed by atoms with Crippen molar-refractivity contribution in [2.24, 2.45) is 0 Å². The second-order valence-electron chi connectivity index (χ2n) is 6.28. The van der Waals surface area contributed by atoms with Gasteiger partial charge in [0, 0.05) is 6.54 Å². The Labute approximate surface area is 172 Å². The van der Waals surface area contributed by atoms with E-state index in [1.165, 1.54) is 25.1 Å². The third-order valence-electron chi connectivity index (χ3n) is 4.28. The molecule has 0 fully saturated rings. The van der Waals surface area contributed by atoms with Gasteiger partial charge < -0.3 is 0 Å². The van der Waals surface area contributed by atoms with Crippen LogP contribution in [0.5, 0.6) is 0 Å². The topological polar surface area (TPSA) is 80.3 Å². The molecule has 0 unspecified atom stereocenters. The zero-order chi connectivity index (χ0) is 21.2. The molecule has 0 amide bonds. The summed E-state index contributed by atoms with van der Waals surface area (Å²) in [5.74, 6) is -1.12. The zero-order valence-corrected chi connectivity index (χ0v) is 17.6. The first-order chi connectivity index (χ1) is 13.6. The summed E-state index contributed by atoms with van der Waals surface area (Å²) in [6.07, 6.45) is 0. The SMILES string of the molecule is Cc1cc(F)ccc1S(=O)(=O)NC[C@@H](c1ccc(F)cc1)S(=O)(=O)c1cccs1. The Morgan fingerprint density at radius 3 is 2.21 bits per heavy atom. The second kappa shape index (κ2) is 8.31. The van der Waals surface area contributed by atoms with Gasteiger partial charge in [0.2, 0.25) is 10.0 Å². The smallest absolute Gasteiger partial charge is 0.222 e. The number of thiophene rings is 1. The lowest BCUT2D eigenvalue weighted by atomic mass is 10.1. The van der Waals surface area contributed by atoms with E-state index in [2.05, 4.69) is 4.72 Å². The Bertz CT molecular complexity index is 1210. The number of sulfone groups is 1. The van der Waals surface area contributed by atoms with Gasteiger partial charge >= 0.3 is 0 Å². The maximum atomic E-state index is 13.3. The highest BCUT2D eigenvalue weighted by Gasteiger charge is 2.32. The molecule has 0 saturated carbocycles. The molecule has 10 heteroatoms. The fraction of sp³-hybridized carbons (Fsp3) is 0.158. The van der Waals surface area contributed by atoms with Crippen molar-refractivity contribution in [3.63, 3.8) is 0 Å². The minimum absolute atomic E-state index is 0.0731. The van der Waals surface area contributed by atoms with Crippen molar-refractivity contribution in [3.05, 3.63) is 82.7 Å². The monoisotopic (exact) mass is 457 g/mol. The molecule has 0 radical (unpaired) electrons. The van der Waals surface area contributed by atoms with Crippen molar-refractivity contribution in [3.8, 4) is 0 Å². The van der Waals surface area contributed by atoms with Crippen molar-refractivity contribution < 1.29 is 25.6 Å². The standard InChI is InChI=1S/C19H17F2NO4S3/c1-13-11-16(21)8-9-17(13)29(25,26)22-12-18(14-4-6-15(20)7-5-14)28(23,24)19-3-2-10-27-19/h2-11,18,22H,12H2,1H3/t18-/m0/s1. The largest absolute Gasteiger partial charge is 0.240 e. The molecule has 1 heterocycles. The molecule has 1 N–H and O–H groups in total. The number of benzene rings is 2. The molecule has 0 aliphatic rings. The Hall–Kier alpha value is -2.14. The quantitative estimate of drug-likeness (QED) is 0.585. The van der Waals surface area contributed by atoms with Crippen LogP contribution in [0.4, 0.5) is 8.78 Å². The summed E-state index contributed by atoms with van der Waals surface area (Å²) in [5, 5.41) is 0.331. The number of sulfonamides is 1. The van der Waals surface area contributed by atoms with Crippen LogP contribution in [0.1, 0.15) is 16.4 Å². The number of hydrogen-bond donors (Lipinski definition) is 1. The molecular formula is C19H17F2NO4S3. The molecule has 2 aromatic carbocycles. The fourth-order valence-electron chi connectivity index (χ4n) is 2.83. The van der Waals surface area contributed by atoms with Gasteiger partial charge in [-0.05, 0) is 59.8 Å². The van der Waals surface area contributed by atoms with Crippen LogP contribution in [0.25, 0.3) is 0 Å². The molecule has 0 spiro atoms. The molecule has 0 bridgehead atoms. The second-order valence-corrected chi connectivity index (χ2v) is 11.3. The minimum Gasteiger partial charge on any atom is -0.222 e. The first-order valence-electron chi connectivity index (χ1n) is 8.40. The third kappa shape index (κ3) is 4.72. The molecule has 154 valence electrons. The van der Waals surface area contributed by atoms with E-state index >= 15 is 0 Å². The van der Waals surface area contributed by atoms with Gasteiger partial charge in [0.1, 0.15) is 21.1 Å². The lowest BCUT2D eigenvalue weighted by molar-refractivity contribution is 0.568. The molecular weight excluding hydrogens is 440 g/mol. The van der Waals surface area contributed by atoms with Crippen molar-refractivity contribution >= 4 is 31.2 Å². The highest BCUT2D eigenvalue weighted by molar-refractivity contribution is 7.93. The third-order valence-corrected chi connectivity index (χ3v) is 9.39. The lowest BCUT2D eigenvalue weighted by Crippen LogP contribution is -2.32. The molecule has 3 rings (SSSR count). The van der Waals surface area contributed by atoms with Gasteiger partial charge in [0.15, 0.2) is 9.84 Å². The van der Waals surface area contributed by atoms with E-state index in [0.717, 1.165) is 41.7 Å². The van der Waals surface area contributed by atoms with Gasteiger partial charge in [0.25, 0.3) is 0 Å². The van der Waals surface area contributed by atoms with Crippen molar-refractivity contribution in [2.45, 2.75) is 21.3 Å². The molecule has 1 atom stereocenters. The number of hydrogen-bond acceptors (Lipinski definition) is 5. The molecule has 0 aliphatic heterocycles. The summed E-state index contributed by atoms with van der Waals surface area (Å²) in [7, 11) is -8.04. The number of rotatable bonds is 7. The number of aryl methyl sites for hydroxylation is 1. The van der Waals surface area contributed by atoms with E-state index in [4.69, 9.17) is 0 Å². The average Bonchev–Trinajstić information content (AvgIpc) is 3.18. The van der Waals surface area contributed by atoms with Crippen LogP contribution in [0.15, 0.2) is 69.1 Å². The van der Waals surface area contributed by atoms with Gasteiger partial charge in [-0.3, -0.25) is 0 Å². The maximum Gasteiger partial charge on any atom is 0.240 e. The van der Waals surface area contributed by atoms with E-state index in [-0.39, 0.29) is 20.2 Å². The maximum absolute atomic E-state index is 13.3. The van der Waals surface area contributed by atoms with Crippen LogP contribution < -0.4 is 4.72 Å². The van der Waals surface area contributed by atoms with Crippen LogP contribution in [0.3, 0.4) is 0 Å². The summed E-state index contributed by atoms with van der Waals surface area (Å²) in [6, 6.07) is 11.1. The van der Waals surface area contributed by atoms with Crippen molar-refractivity contribution in [1.29, 1.82) is 0 Å². The van der Waals surface area contributed by atoms with Gasteiger partial charge in [0.05, 0.1) is 4.90 Å². The van der Waals surface area contributed by atoms with Gasteiger partial charge in [-0.15, -0.1) is 11.3 Å². The molecule has 1 aromatic heterocycles. The van der Waals surface area contributed by atoms with E-state index in [1.807, 2.05) is 0 Å².